The monoisotopic (exact) mass is 253 g/mol. The van der Waals surface area contributed by atoms with Crippen LogP contribution in [0.2, 0.25) is 0 Å². The molecule has 2 nitrogen and oxygen atoms in total. The van der Waals surface area contributed by atoms with Crippen LogP contribution >= 0.6 is 0 Å². The minimum Gasteiger partial charge on any atom is -0.393 e. The smallest absolute Gasteiger partial charge is 0.0527 e. The van der Waals surface area contributed by atoms with Crippen molar-refractivity contribution < 1.29 is 5.11 Å². The maximum Gasteiger partial charge on any atom is 0.0527 e. The van der Waals surface area contributed by atoms with E-state index >= 15 is 0 Å². The first-order valence-corrected chi connectivity index (χ1v) is 7.77. The Hall–Kier alpha value is -0.340. The van der Waals surface area contributed by atoms with Gasteiger partial charge in [0.05, 0.1) is 6.10 Å². The second-order valence-corrected chi connectivity index (χ2v) is 5.76. The molecule has 0 radical (unpaired) electrons. The van der Waals surface area contributed by atoms with E-state index in [2.05, 4.69) is 11.5 Å². The van der Waals surface area contributed by atoms with Crippen molar-refractivity contribution in [2.75, 3.05) is 13.1 Å². The Bertz CT molecular complexity index is 215. The zero-order valence-corrected chi connectivity index (χ0v) is 12.1. The maximum atomic E-state index is 9.62. The molecule has 18 heavy (non-hydrogen) atoms. The summed E-state index contributed by atoms with van der Waals surface area (Å²) in [6.07, 6.45) is 13.2. The third-order valence-corrected chi connectivity index (χ3v) is 3.97. The molecule has 0 bridgehead atoms. The predicted molar refractivity (Wildman–Crippen MR) is 78.8 cm³/mol. The largest absolute Gasteiger partial charge is 0.393 e. The predicted octanol–water partition coefficient (Wildman–Crippen LogP) is 3.75. The van der Waals surface area contributed by atoms with Gasteiger partial charge in [0.25, 0.3) is 0 Å². The molecule has 1 N–H and O–H groups in total. The molecule has 1 aliphatic rings. The number of aliphatic hydroxyl groups excluding tert-OH is 1. The van der Waals surface area contributed by atoms with Crippen LogP contribution in [0.3, 0.4) is 0 Å². The lowest BCUT2D eigenvalue weighted by Crippen LogP contribution is -2.37. The summed E-state index contributed by atoms with van der Waals surface area (Å²) in [4.78, 5) is 2.63. The fraction of sp³-hybridized carbons (Fsp3) is 0.875. The molecule has 0 aromatic carbocycles. The van der Waals surface area contributed by atoms with Crippen LogP contribution < -0.4 is 0 Å². The van der Waals surface area contributed by atoms with Gasteiger partial charge < -0.3 is 10.0 Å². The van der Waals surface area contributed by atoms with Crippen LogP contribution in [0.15, 0.2) is 12.7 Å². The Morgan fingerprint density at radius 2 is 2.11 bits per heavy atom. The molecule has 0 aliphatic carbocycles. The number of allylic oxidation sites excluding steroid dienone is 1. The minimum atomic E-state index is -0.156. The molecule has 0 aromatic heterocycles. The van der Waals surface area contributed by atoms with Gasteiger partial charge in [-0.3, -0.25) is 0 Å². The van der Waals surface area contributed by atoms with Crippen LogP contribution in [0.25, 0.3) is 0 Å². The molecule has 1 aliphatic heterocycles. The molecule has 0 aromatic rings. The topological polar surface area (TPSA) is 23.5 Å². The molecule has 2 heteroatoms. The van der Waals surface area contributed by atoms with Crippen molar-refractivity contribution in [2.45, 2.75) is 76.9 Å². The summed E-state index contributed by atoms with van der Waals surface area (Å²) in [7, 11) is 0. The van der Waals surface area contributed by atoms with Crippen LogP contribution in [0.4, 0.5) is 0 Å². The van der Waals surface area contributed by atoms with Gasteiger partial charge in [-0.15, -0.1) is 6.58 Å². The number of rotatable bonds is 8. The van der Waals surface area contributed by atoms with E-state index in [9.17, 15) is 5.11 Å². The Kier molecular flexibility index (Phi) is 8.36. The van der Waals surface area contributed by atoms with Gasteiger partial charge in [0.1, 0.15) is 0 Å². The molecule has 0 saturated carbocycles. The molecule has 1 heterocycles. The van der Waals surface area contributed by atoms with Crippen molar-refractivity contribution >= 4 is 0 Å². The second-order valence-electron chi connectivity index (χ2n) is 5.76. The summed E-state index contributed by atoms with van der Waals surface area (Å²) in [6.45, 7) is 8.14. The molecule has 106 valence electrons. The Balaban J connectivity index is 2.29. The second kappa shape index (κ2) is 9.57. The fourth-order valence-electron chi connectivity index (χ4n) is 2.97. The van der Waals surface area contributed by atoms with Gasteiger partial charge in [0.2, 0.25) is 0 Å². The third-order valence-electron chi connectivity index (χ3n) is 3.97. The van der Waals surface area contributed by atoms with Gasteiger partial charge in [-0.2, -0.15) is 0 Å². The summed E-state index contributed by atoms with van der Waals surface area (Å²) in [5.74, 6) is 0. The molecular weight excluding hydrogens is 222 g/mol. The van der Waals surface area contributed by atoms with Crippen LogP contribution in [0, 0.1) is 0 Å². The van der Waals surface area contributed by atoms with E-state index < -0.39 is 0 Å². The highest BCUT2D eigenvalue weighted by Crippen LogP contribution is 2.21. The molecule has 2 unspecified atom stereocenters. The van der Waals surface area contributed by atoms with Crippen molar-refractivity contribution in [3.05, 3.63) is 12.7 Å². The highest BCUT2D eigenvalue weighted by Gasteiger charge is 2.21. The number of aliphatic hydroxyl groups is 1. The Morgan fingerprint density at radius 3 is 2.83 bits per heavy atom. The summed E-state index contributed by atoms with van der Waals surface area (Å²) < 4.78 is 0. The number of hydrogen-bond acceptors (Lipinski definition) is 2. The third kappa shape index (κ3) is 6.55. The van der Waals surface area contributed by atoms with Crippen molar-refractivity contribution in [2.24, 2.45) is 0 Å². The summed E-state index contributed by atoms with van der Waals surface area (Å²) in [5.41, 5.74) is 0. The zero-order valence-electron chi connectivity index (χ0n) is 12.1. The Morgan fingerprint density at radius 1 is 1.28 bits per heavy atom. The van der Waals surface area contributed by atoms with Gasteiger partial charge in [-0.05, 0) is 58.5 Å². The van der Waals surface area contributed by atoms with Gasteiger partial charge in [-0.25, -0.2) is 0 Å². The lowest BCUT2D eigenvalue weighted by molar-refractivity contribution is 0.111. The average molecular weight is 253 g/mol. The van der Waals surface area contributed by atoms with E-state index in [0.29, 0.717) is 6.04 Å². The molecule has 2 atom stereocenters. The highest BCUT2D eigenvalue weighted by atomic mass is 16.3. The van der Waals surface area contributed by atoms with Crippen LogP contribution in [-0.2, 0) is 0 Å². The van der Waals surface area contributed by atoms with Gasteiger partial charge in [0, 0.05) is 6.04 Å². The van der Waals surface area contributed by atoms with E-state index in [1.54, 1.807) is 0 Å². The van der Waals surface area contributed by atoms with E-state index in [4.69, 9.17) is 0 Å². The van der Waals surface area contributed by atoms with E-state index in [1.807, 2.05) is 13.0 Å². The lowest BCUT2D eigenvalue weighted by Gasteiger charge is -2.30. The fourth-order valence-corrected chi connectivity index (χ4v) is 2.97. The molecule has 1 saturated heterocycles. The summed E-state index contributed by atoms with van der Waals surface area (Å²) >= 11 is 0. The van der Waals surface area contributed by atoms with Crippen LogP contribution in [0.5, 0.6) is 0 Å². The first kappa shape index (κ1) is 15.7. The lowest BCUT2D eigenvalue weighted by atomic mass is 10.0. The SMILES string of the molecule is C=CCCCCCN1CCCCCC1CC(C)O. The van der Waals surface area contributed by atoms with Crippen molar-refractivity contribution in [1.29, 1.82) is 0 Å². The Labute approximate surface area is 113 Å². The first-order chi connectivity index (χ1) is 8.74. The molecule has 1 fully saturated rings. The van der Waals surface area contributed by atoms with Gasteiger partial charge in [0.15, 0.2) is 0 Å². The normalized spacial score (nSPS) is 23.6. The molecule has 1 rings (SSSR count). The summed E-state index contributed by atoms with van der Waals surface area (Å²) in [6, 6.07) is 0.618. The zero-order chi connectivity index (χ0) is 13.2. The number of hydrogen-bond donors (Lipinski definition) is 1. The quantitative estimate of drug-likeness (QED) is 0.526. The van der Waals surface area contributed by atoms with Gasteiger partial charge >= 0.3 is 0 Å². The molecular formula is C16H31NO. The first-order valence-electron chi connectivity index (χ1n) is 7.77. The highest BCUT2D eigenvalue weighted by molar-refractivity contribution is 4.77. The van der Waals surface area contributed by atoms with E-state index in [-0.39, 0.29) is 6.10 Å². The number of nitrogens with zero attached hydrogens (tertiary/aromatic N) is 1. The van der Waals surface area contributed by atoms with Crippen LogP contribution in [0.1, 0.15) is 64.7 Å². The number of unbranched alkanes of at least 4 members (excludes halogenated alkanes) is 3. The van der Waals surface area contributed by atoms with E-state index in [0.717, 1.165) is 12.8 Å². The minimum absolute atomic E-state index is 0.156. The van der Waals surface area contributed by atoms with Crippen LogP contribution in [-0.4, -0.2) is 35.2 Å². The van der Waals surface area contributed by atoms with Crippen molar-refractivity contribution in [3.63, 3.8) is 0 Å². The standard InChI is InChI=1S/C16H31NO/c1-3-4-5-6-9-12-17-13-10-7-8-11-16(17)14-15(2)18/h3,15-16,18H,1,4-14H2,2H3. The summed E-state index contributed by atoms with van der Waals surface area (Å²) in [5, 5.41) is 9.62. The van der Waals surface area contributed by atoms with Gasteiger partial charge in [-0.1, -0.05) is 25.3 Å². The average Bonchev–Trinajstić information content (AvgIpc) is 2.54. The maximum absolute atomic E-state index is 9.62. The van der Waals surface area contributed by atoms with Crippen molar-refractivity contribution in [3.8, 4) is 0 Å². The van der Waals surface area contributed by atoms with Crippen molar-refractivity contribution in [1.82, 2.24) is 4.90 Å². The molecule has 0 amide bonds. The van der Waals surface area contributed by atoms with E-state index in [1.165, 1.54) is 58.0 Å². The molecule has 0 spiro atoms. The number of likely N-dealkylation sites (tertiary alicyclic amines) is 1.